The minimum atomic E-state index is 0.681. The van der Waals surface area contributed by atoms with Crippen molar-refractivity contribution in [1.29, 1.82) is 0 Å². The van der Waals surface area contributed by atoms with E-state index < -0.39 is 0 Å². The van der Waals surface area contributed by atoms with Gasteiger partial charge in [-0.05, 0) is 18.7 Å². The maximum absolute atomic E-state index is 4.99. The molecule has 0 unspecified atom stereocenters. The standard InChI is InChI=1S/C8H11NOS/c1-6-5-9-8(10-2)4-7(6)11-3/h4-5H,1-3H3. The molecule has 0 aliphatic carbocycles. The third kappa shape index (κ3) is 1.87. The van der Waals surface area contributed by atoms with Crippen LogP contribution in [0.5, 0.6) is 5.88 Å². The van der Waals surface area contributed by atoms with Crippen molar-refractivity contribution < 1.29 is 4.74 Å². The summed E-state index contributed by atoms with van der Waals surface area (Å²) in [6.45, 7) is 2.04. The fourth-order valence-corrected chi connectivity index (χ4v) is 1.41. The van der Waals surface area contributed by atoms with E-state index in [1.807, 2.05) is 25.4 Å². The van der Waals surface area contributed by atoms with Crippen molar-refractivity contribution in [3.63, 3.8) is 0 Å². The molecule has 0 aliphatic rings. The van der Waals surface area contributed by atoms with Crippen LogP contribution in [0.25, 0.3) is 0 Å². The van der Waals surface area contributed by atoms with Gasteiger partial charge in [0.1, 0.15) is 0 Å². The van der Waals surface area contributed by atoms with E-state index in [2.05, 4.69) is 4.98 Å². The zero-order valence-electron chi connectivity index (χ0n) is 6.92. The molecule has 1 aromatic heterocycles. The number of hydrogen-bond donors (Lipinski definition) is 0. The van der Waals surface area contributed by atoms with Gasteiger partial charge < -0.3 is 4.74 Å². The van der Waals surface area contributed by atoms with Gasteiger partial charge in [-0.3, -0.25) is 0 Å². The minimum Gasteiger partial charge on any atom is -0.481 e. The van der Waals surface area contributed by atoms with E-state index in [-0.39, 0.29) is 0 Å². The predicted octanol–water partition coefficient (Wildman–Crippen LogP) is 2.12. The summed E-state index contributed by atoms with van der Waals surface area (Å²) in [4.78, 5) is 5.29. The molecule has 0 fully saturated rings. The molecular weight excluding hydrogens is 158 g/mol. The van der Waals surface area contributed by atoms with E-state index in [0.29, 0.717) is 5.88 Å². The molecule has 0 N–H and O–H groups in total. The highest BCUT2D eigenvalue weighted by atomic mass is 32.2. The monoisotopic (exact) mass is 169 g/mol. The average Bonchev–Trinajstić information content (AvgIpc) is 2.05. The zero-order valence-corrected chi connectivity index (χ0v) is 7.73. The Morgan fingerprint density at radius 2 is 2.27 bits per heavy atom. The van der Waals surface area contributed by atoms with Crippen molar-refractivity contribution in [3.05, 3.63) is 17.8 Å². The lowest BCUT2D eigenvalue weighted by Gasteiger charge is -2.03. The number of thioether (sulfide) groups is 1. The summed E-state index contributed by atoms with van der Waals surface area (Å²) < 4.78 is 4.99. The molecule has 0 atom stereocenters. The van der Waals surface area contributed by atoms with E-state index in [9.17, 15) is 0 Å². The molecule has 0 aliphatic heterocycles. The molecule has 0 saturated carbocycles. The number of methoxy groups -OCH3 is 1. The van der Waals surface area contributed by atoms with Crippen LogP contribution in [0.4, 0.5) is 0 Å². The molecule has 60 valence electrons. The maximum atomic E-state index is 4.99. The number of aromatic nitrogens is 1. The van der Waals surface area contributed by atoms with E-state index in [4.69, 9.17) is 4.74 Å². The van der Waals surface area contributed by atoms with Crippen LogP contribution in [0.2, 0.25) is 0 Å². The van der Waals surface area contributed by atoms with Gasteiger partial charge in [0.2, 0.25) is 5.88 Å². The highest BCUT2D eigenvalue weighted by molar-refractivity contribution is 7.98. The van der Waals surface area contributed by atoms with Gasteiger partial charge in [-0.1, -0.05) is 0 Å². The van der Waals surface area contributed by atoms with Crippen LogP contribution in [0.3, 0.4) is 0 Å². The van der Waals surface area contributed by atoms with Gasteiger partial charge in [0, 0.05) is 17.2 Å². The molecule has 0 amide bonds. The Hall–Kier alpha value is -0.700. The van der Waals surface area contributed by atoms with Crippen molar-refractivity contribution in [2.75, 3.05) is 13.4 Å². The van der Waals surface area contributed by atoms with Gasteiger partial charge >= 0.3 is 0 Å². The summed E-state index contributed by atoms with van der Waals surface area (Å²) in [5, 5.41) is 0. The number of aryl methyl sites for hydroxylation is 1. The Balaban J connectivity index is 3.02. The smallest absolute Gasteiger partial charge is 0.214 e. The quantitative estimate of drug-likeness (QED) is 0.633. The number of rotatable bonds is 2. The predicted molar refractivity (Wildman–Crippen MR) is 47.3 cm³/mol. The number of ether oxygens (including phenoxy) is 1. The molecule has 0 bridgehead atoms. The van der Waals surface area contributed by atoms with Gasteiger partial charge in [0.05, 0.1) is 7.11 Å². The van der Waals surface area contributed by atoms with Crippen molar-refractivity contribution in [3.8, 4) is 5.88 Å². The second kappa shape index (κ2) is 3.62. The van der Waals surface area contributed by atoms with Crippen LogP contribution in [0.15, 0.2) is 17.2 Å². The van der Waals surface area contributed by atoms with Gasteiger partial charge in [0.15, 0.2) is 0 Å². The van der Waals surface area contributed by atoms with Crippen molar-refractivity contribution in [1.82, 2.24) is 4.98 Å². The van der Waals surface area contributed by atoms with Crippen LogP contribution in [0.1, 0.15) is 5.56 Å². The Labute approximate surface area is 71.0 Å². The molecule has 0 spiro atoms. The molecule has 1 heterocycles. The first kappa shape index (κ1) is 8.40. The average molecular weight is 169 g/mol. The third-order valence-electron chi connectivity index (χ3n) is 1.46. The fourth-order valence-electron chi connectivity index (χ4n) is 0.819. The highest BCUT2D eigenvalue weighted by Crippen LogP contribution is 2.22. The summed E-state index contributed by atoms with van der Waals surface area (Å²) >= 11 is 1.70. The van der Waals surface area contributed by atoms with Crippen LogP contribution >= 0.6 is 11.8 Å². The largest absolute Gasteiger partial charge is 0.481 e. The van der Waals surface area contributed by atoms with Gasteiger partial charge in [-0.25, -0.2) is 4.98 Å². The molecule has 11 heavy (non-hydrogen) atoms. The molecule has 0 saturated heterocycles. The van der Waals surface area contributed by atoms with E-state index >= 15 is 0 Å². The molecule has 3 heteroatoms. The molecule has 1 aromatic rings. The Morgan fingerprint density at radius 3 is 2.82 bits per heavy atom. The molecular formula is C8H11NOS. The topological polar surface area (TPSA) is 22.1 Å². The summed E-state index contributed by atoms with van der Waals surface area (Å²) in [7, 11) is 1.63. The molecule has 1 rings (SSSR count). The Bertz CT molecular complexity index is 250. The van der Waals surface area contributed by atoms with Gasteiger partial charge in [-0.15, -0.1) is 11.8 Å². The zero-order chi connectivity index (χ0) is 8.27. The summed E-state index contributed by atoms with van der Waals surface area (Å²) in [5.74, 6) is 0.681. The van der Waals surface area contributed by atoms with Crippen LogP contribution < -0.4 is 4.74 Å². The Morgan fingerprint density at radius 1 is 1.55 bits per heavy atom. The first-order chi connectivity index (χ1) is 5.27. The number of hydrogen-bond acceptors (Lipinski definition) is 3. The van der Waals surface area contributed by atoms with E-state index in [1.54, 1.807) is 18.9 Å². The van der Waals surface area contributed by atoms with Gasteiger partial charge in [-0.2, -0.15) is 0 Å². The summed E-state index contributed by atoms with van der Waals surface area (Å²) in [5.41, 5.74) is 1.19. The lowest BCUT2D eigenvalue weighted by Crippen LogP contribution is -1.88. The molecule has 0 aromatic carbocycles. The summed E-state index contributed by atoms with van der Waals surface area (Å²) in [6, 6.07) is 1.94. The first-order valence-corrected chi connectivity index (χ1v) is 4.55. The maximum Gasteiger partial charge on any atom is 0.214 e. The molecule has 2 nitrogen and oxygen atoms in total. The second-order valence-electron chi connectivity index (χ2n) is 2.20. The van der Waals surface area contributed by atoms with Crippen molar-refractivity contribution in [2.24, 2.45) is 0 Å². The van der Waals surface area contributed by atoms with E-state index in [0.717, 1.165) is 0 Å². The lowest BCUT2D eigenvalue weighted by atomic mass is 10.3. The normalized spacial score (nSPS) is 9.73. The molecule has 0 radical (unpaired) electrons. The SMILES string of the molecule is COc1cc(SC)c(C)cn1. The first-order valence-electron chi connectivity index (χ1n) is 3.32. The highest BCUT2D eigenvalue weighted by Gasteiger charge is 1.98. The van der Waals surface area contributed by atoms with Crippen LogP contribution in [-0.2, 0) is 0 Å². The Kier molecular flexibility index (Phi) is 2.76. The van der Waals surface area contributed by atoms with Crippen LogP contribution in [0, 0.1) is 6.92 Å². The van der Waals surface area contributed by atoms with Crippen molar-refractivity contribution >= 4 is 11.8 Å². The number of nitrogens with zero attached hydrogens (tertiary/aromatic N) is 1. The van der Waals surface area contributed by atoms with Gasteiger partial charge in [0.25, 0.3) is 0 Å². The summed E-state index contributed by atoms with van der Waals surface area (Å²) in [6.07, 6.45) is 3.87. The minimum absolute atomic E-state index is 0.681. The van der Waals surface area contributed by atoms with Crippen LogP contribution in [-0.4, -0.2) is 18.3 Å². The van der Waals surface area contributed by atoms with Crippen molar-refractivity contribution in [2.45, 2.75) is 11.8 Å². The van der Waals surface area contributed by atoms with E-state index in [1.165, 1.54) is 10.5 Å². The third-order valence-corrected chi connectivity index (χ3v) is 2.34. The lowest BCUT2D eigenvalue weighted by molar-refractivity contribution is 0.396. The fraction of sp³-hybridized carbons (Fsp3) is 0.375. The second-order valence-corrected chi connectivity index (χ2v) is 3.04. The number of pyridine rings is 1.